The maximum Gasteiger partial charge on any atom is 0.416 e. The zero-order valence-corrected chi connectivity index (χ0v) is 19.1. The second-order valence-corrected chi connectivity index (χ2v) is 9.58. The number of carbonyl (C=O) groups excluding carboxylic acids is 3. The zero-order valence-electron chi connectivity index (χ0n) is 18.3. The summed E-state index contributed by atoms with van der Waals surface area (Å²) in [7, 11) is -3.89. The van der Waals surface area contributed by atoms with Crippen LogP contribution in [0.1, 0.15) is 45.5 Å². The van der Waals surface area contributed by atoms with Crippen LogP contribution in [0.4, 0.5) is 13.2 Å². The van der Waals surface area contributed by atoms with Gasteiger partial charge in [-0.15, -0.1) is 0 Å². The number of nitrogens with one attached hydrogen (secondary N) is 3. The van der Waals surface area contributed by atoms with Crippen LogP contribution in [0.15, 0.2) is 53.4 Å². The number of alkyl halides is 3. The van der Waals surface area contributed by atoms with Crippen molar-refractivity contribution in [3.63, 3.8) is 0 Å². The van der Waals surface area contributed by atoms with Gasteiger partial charge in [0.1, 0.15) is 0 Å². The molecule has 0 aromatic heterocycles. The summed E-state index contributed by atoms with van der Waals surface area (Å²) in [4.78, 5) is 36.9. The normalized spacial score (nSPS) is 18.1. The van der Waals surface area contributed by atoms with Crippen molar-refractivity contribution >= 4 is 27.7 Å². The molecule has 1 fully saturated rings. The van der Waals surface area contributed by atoms with E-state index in [0.29, 0.717) is 18.9 Å². The van der Waals surface area contributed by atoms with Gasteiger partial charge in [-0.3, -0.25) is 14.4 Å². The van der Waals surface area contributed by atoms with Crippen LogP contribution in [0.5, 0.6) is 0 Å². The average molecular weight is 513 g/mol. The predicted molar refractivity (Wildman–Crippen MR) is 119 cm³/mol. The minimum atomic E-state index is -4.60. The van der Waals surface area contributed by atoms with E-state index in [1.54, 1.807) is 0 Å². The number of amides is 3. The highest BCUT2D eigenvalue weighted by Gasteiger charge is 2.32. The Morgan fingerprint density at radius 2 is 1.54 bits per heavy atom. The highest BCUT2D eigenvalue weighted by atomic mass is 32.2. The van der Waals surface area contributed by atoms with Crippen molar-refractivity contribution in [2.24, 2.45) is 5.14 Å². The molecule has 9 nitrogen and oxygen atoms in total. The Bertz CT molecular complexity index is 1220. The molecule has 2 aromatic rings. The van der Waals surface area contributed by atoms with E-state index in [9.17, 15) is 36.0 Å². The zero-order chi connectivity index (χ0) is 25.8. The van der Waals surface area contributed by atoms with Gasteiger partial charge in [0.2, 0.25) is 15.9 Å². The Morgan fingerprint density at radius 3 is 2.14 bits per heavy atom. The van der Waals surface area contributed by atoms with Crippen LogP contribution in [-0.4, -0.2) is 44.8 Å². The summed E-state index contributed by atoms with van der Waals surface area (Å²) in [5.41, 5.74) is -0.992. The SMILES string of the molecule is NS(=O)(=O)c1ccc(C(=O)N[C@@H]2CCC[C@@H]2NC(=O)CNC(=O)c2cccc(C(F)(F)F)c2)cc1. The maximum absolute atomic E-state index is 12.8. The van der Waals surface area contributed by atoms with Gasteiger partial charge in [-0.2, -0.15) is 13.2 Å². The van der Waals surface area contributed by atoms with Gasteiger partial charge in [0.05, 0.1) is 17.0 Å². The first kappa shape index (κ1) is 26.2. The number of hydrogen-bond acceptors (Lipinski definition) is 5. The monoisotopic (exact) mass is 512 g/mol. The average Bonchev–Trinajstić information content (AvgIpc) is 3.22. The van der Waals surface area contributed by atoms with E-state index in [-0.39, 0.29) is 16.0 Å². The lowest BCUT2D eigenvalue weighted by molar-refractivity contribution is -0.137. The molecule has 1 aliphatic carbocycles. The molecule has 13 heteroatoms. The lowest BCUT2D eigenvalue weighted by atomic mass is 10.1. The van der Waals surface area contributed by atoms with E-state index in [1.165, 1.54) is 30.3 Å². The summed E-state index contributed by atoms with van der Waals surface area (Å²) < 4.78 is 61.1. The number of halogens is 3. The fourth-order valence-electron chi connectivity index (χ4n) is 3.71. The van der Waals surface area contributed by atoms with Gasteiger partial charge < -0.3 is 16.0 Å². The van der Waals surface area contributed by atoms with Crippen LogP contribution < -0.4 is 21.1 Å². The molecular formula is C22H23F3N4O5S. The number of rotatable bonds is 7. The van der Waals surface area contributed by atoms with E-state index in [2.05, 4.69) is 16.0 Å². The number of primary sulfonamides is 1. The second kappa shape index (κ2) is 10.4. The molecule has 0 spiro atoms. The number of hydrogen-bond donors (Lipinski definition) is 4. The first-order valence-corrected chi connectivity index (χ1v) is 12.1. The summed E-state index contributed by atoms with van der Waals surface area (Å²) in [6, 6.07) is 8.10. The van der Waals surface area contributed by atoms with Gasteiger partial charge in [0.15, 0.2) is 0 Å². The van der Waals surface area contributed by atoms with Crippen LogP contribution in [0.3, 0.4) is 0 Å². The Kier molecular flexibility index (Phi) is 7.80. The van der Waals surface area contributed by atoms with Crippen LogP contribution >= 0.6 is 0 Å². The van der Waals surface area contributed by atoms with Crippen LogP contribution in [0.25, 0.3) is 0 Å². The van der Waals surface area contributed by atoms with E-state index >= 15 is 0 Å². The third-order valence-electron chi connectivity index (χ3n) is 5.49. The molecule has 0 radical (unpaired) electrons. The number of carbonyl (C=O) groups is 3. The summed E-state index contributed by atoms with van der Waals surface area (Å²) >= 11 is 0. The van der Waals surface area contributed by atoms with Crippen LogP contribution in [-0.2, 0) is 21.0 Å². The quantitative estimate of drug-likeness (QED) is 0.444. The van der Waals surface area contributed by atoms with E-state index in [0.717, 1.165) is 18.6 Å². The molecular weight excluding hydrogens is 489 g/mol. The molecule has 5 N–H and O–H groups in total. The molecule has 0 unspecified atom stereocenters. The van der Waals surface area contributed by atoms with Gasteiger partial charge in [-0.05, 0) is 61.7 Å². The minimum absolute atomic E-state index is 0.132. The first-order chi connectivity index (χ1) is 16.3. The number of nitrogens with two attached hydrogens (primary N) is 1. The van der Waals surface area contributed by atoms with Gasteiger partial charge >= 0.3 is 6.18 Å². The molecule has 1 aliphatic rings. The number of benzene rings is 2. The van der Waals surface area contributed by atoms with Crippen LogP contribution in [0, 0.1) is 0 Å². The van der Waals surface area contributed by atoms with E-state index in [1.807, 2.05) is 0 Å². The predicted octanol–water partition coefficient (Wildman–Crippen LogP) is 1.55. The number of sulfonamides is 1. The van der Waals surface area contributed by atoms with Gasteiger partial charge in [-0.25, -0.2) is 13.6 Å². The highest BCUT2D eigenvalue weighted by Crippen LogP contribution is 2.29. The van der Waals surface area contributed by atoms with E-state index < -0.39 is 58.1 Å². The molecule has 0 bridgehead atoms. The minimum Gasteiger partial charge on any atom is -0.350 e. The molecule has 0 aliphatic heterocycles. The standard InChI is InChI=1S/C22H23F3N4O5S/c23-22(24,25)15-4-1-3-14(11-15)20(31)27-12-19(30)28-17-5-2-6-18(17)29-21(32)13-7-9-16(10-8-13)35(26,33)34/h1,3-4,7-11,17-18H,2,5-6,12H2,(H,27,31)(H,28,30)(H,29,32)(H2,26,33,34)/t17-,18+/m0/s1. The molecule has 188 valence electrons. The second-order valence-electron chi connectivity index (χ2n) is 8.02. The van der Waals surface area contributed by atoms with Crippen molar-refractivity contribution in [2.75, 3.05) is 6.54 Å². The summed E-state index contributed by atoms with van der Waals surface area (Å²) in [6.07, 6.45) is -2.72. The van der Waals surface area contributed by atoms with Crippen molar-refractivity contribution in [2.45, 2.75) is 42.4 Å². The van der Waals surface area contributed by atoms with Crippen molar-refractivity contribution in [1.29, 1.82) is 0 Å². The molecule has 2 aromatic carbocycles. The fraction of sp³-hybridized carbons (Fsp3) is 0.318. The van der Waals surface area contributed by atoms with Gasteiger partial charge in [0, 0.05) is 23.2 Å². The Balaban J connectivity index is 1.53. The van der Waals surface area contributed by atoms with Crippen molar-refractivity contribution in [1.82, 2.24) is 16.0 Å². The summed E-state index contributed by atoms with van der Waals surface area (Å²) in [5, 5.41) is 12.8. The molecule has 2 atom stereocenters. The van der Waals surface area contributed by atoms with E-state index in [4.69, 9.17) is 5.14 Å². The molecule has 0 saturated heterocycles. The lowest BCUT2D eigenvalue weighted by Gasteiger charge is -2.22. The molecule has 35 heavy (non-hydrogen) atoms. The smallest absolute Gasteiger partial charge is 0.350 e. The maximum atomic E-state index is 12.8. The molecule has 1 saturated carbocycles. The fourth-order valence-corrected chi connectivity index (χ4v) is 4.23. The Morgan fingerprint density at radius 1 is 0.914 bits per heavy atom. The topological polar surface area (TPSA) is 147 Å². The molecule has 3 amide bonds. The van der Waals surface area contributed by atoms with Crippen LogP contribution in [0.2, 0.25) is 0 Å². The third-order valence-corrected chi connectivity index (χ3v) is 6.41. The summed E-state index contributed by atoms with van der Waals surface area (Å²) in [5.74, 6) is -1.85. The summed E-state index contributed by atoms with van der Waals surface area (Å²) in [6.45, 7) is -0.457. The molecule has 0 heterocycles. The van der Waals surface area contributed by atoms with Crippen molar-refractivity contribution in [3.8, 4) is 0 Å². The Labute approximate surface area is 199 Å². The largest absolute Gasteiger partial charge is 0.416 e. The Hall–Kier alpha value is -3.45. The third kappa shape index (κ3) is 7.02. The highest BCUT2D eigenvalue weighted by molar-refractivity contribution is 7.89. The van der Waals surface area contributed by atoms with Gasteiger partial charge in [0.25, 0.3) is 11.8 Å². The van der Waals surface area contributed by atoms with Gasteiger partial charge in [-0.1, -0.05) is 6.07 Å². The van der Waals surface area contributed by atoms with Crippen molar-refractivity contribution < 1.29 is 36.0 Å². The van der Waals surface area contributed by atoms with Crippen molar-refractivity contribution in [3.05, 3.63) is 65.2 Å². The lowest BCUT2D eigenvalue weighted by Crippen LogP contribution is -2.50. The first-order valence-electron chi connectivity index (χ1n) is 10.5. The molecule has 3 rings (SSSR count).